The number of thiol groups is 1. The van der Waals surface area contributed by atoms with Crippen LogP contribution in [-0.2, 0) is 0 Å². The number of hydrogen-bond acceptors (Lipinski definition) is 4. The van der Waals surface area contributed by atoms with E-state index in [2.05, 4.69) is 60.2 Å². The molecular weight excluding hydrogens is 344 g/mol. The molecular formula is C21H26N2S2. The molecule has 1 saturated heterocycles. The number of nitrogens with zero attached hydrogens (tertiary/aromatic N) is 2. The summed E-state index contributed by atoms with van der Waals surface area (Å²) in [5.74, 6) is 0. The molecule has 2 aliphatic rings. The van der Waals surface area contributed by atoms with Crippen LogP contribution in [0.15, 0.2) is 51.1 Å². The van der Waals surface area contributed by atoms with E-state index in [9.17, 15) is 0 Å². The van der Waals surface area contributed by atoms with Crippen LogP contribution in [-0.4, -0.2) is 31.1 Å². The molecule has 0 aliphatic carbocycles. The van der Waals surface area contributed by atoms with E-state index in [4.69, 9.17) is 12.6 Å². The number of anilines is 2. The van der Waals surface area contributed by atoms with E-state index < -0.39 is 0 Å². The summed E-state index contributed by atoms with van der Waals surface area (Å²) in [7, 11) is 2.28. The molecule has 0 amide bonds. The van der Waals surface area contributed by atoms with Crippen LogP contribution >= 0.6 is 24.4 Å². The molecule has 0 aromatic heterocycles. The molecule has 25 heavy (non-hydrogen) atoms. The lowest BCUT2D eigenvalue weighted by molar-refractivity contribution is 0.178. The largest absolute Gasteiger partial charge is 0.339 e. The summed E-state index contributed by atoms with van der Waals surface area (Å²) in [6.45, 7) is 4.45. The van der Waals surface area contributed by atoms with Gasteiger partial charge in [0.05, 0.1) is 11.4 Å². The number of para-hydroxylation sites is 1. The molecule has 4 heteroatoms. The van der Waals surface area contributed by atoms with Gasteiger partial charge in [0.1, 0.15) is 0 Å². The van der Waals surface area contributed by atoms with Gasteiger partial charge in [-0.3, -0.25) is 0 Å². The van der Waals surface area contributed by atoms with E-state index in [-0.39, 0.29) is 0 Å². The molecule has 2 aromatic rings. The molecule has 2 nitrogen and oxygen atoms in total. The Hall–Kier alpha value is -1.10. The van der Waals surface area contributed by atoms with E-state index >= 15 is 0 Å². The van der Waals surface area contributed by atoms with Gasteiger partial charge in [-0.2, -0.15) is 0 Å². The van der Waals surface area contributed by atoms with Crippen molar-refractivity contribution in [1.29, 1.82) is 0 Å². The molecule has 2 heterocycles. The van der Waals surface area contributed by atoms with Crippen LogP contribution in [0.5, 0.6) is 0 Å². The van der Waals surface area contributed by atoms with E-state index in [1.54, 1.807) is 0 Å². The summed E-state index contributed by atoms with van der Waals surface area (Å²) in [6.07, 6.45) is 5.25. The number of fused-ring (bicyclic) bond motifs is 2. The van der Waals surface area contributed by atoms with Gasteiger partial charge in [-0.15, -0.1) is 12.6 Å². The van der Waals surface area contributed by atoms with Gasteiger partial charge in [0.2, 0.25) is 0 Å². The molecule has 2 aliphatic heterocycles. The molecule has 0 spiro atoms. The highest BCUT2D eigenvalue weighted by Crippen LogP contribution is 2.50. The van der Waals surface area contributed by atoms with Crippen molar-refractivity contribution in [3.8, 4) is 0 Å². The van der Waals surface area contributed by atoms with E-state index in [0.717, 1.165) is 11.4 Å². The molecule has 132 valence electrons. The molecule has 1 unspecified atom stereocenters. The Morgan fingerprint density at radius 1 is 1.16 bits per heavy atom. The maximum Gasteiger partial charge on any atom is 0.0688 e. The standard InChI is InChI=1S/C21H26N2S2/c1-15-13-18(24)21-20(14-15)25-19-9-4-3-8-17(19)23(21)12-10-16-7-5-6-11-22(16)2/h3-4,8-9,13-14,16,24H,5-7,10-12H2,1-2H3. The second-order valence-electron chi connectivity index (χ2n) is 7.27. The van der Waals surface area contributed by atoms with Crippen LogP contribution in [0.3, 0.4) is 0 Å². The van der Waals surface area contributed by atoms with Gasteiger partial charge < -0.3 is 9.80 Å². The van der Waals surface area contributed by atoms with Crippen molar-refractivity contribution in [3.05, 3.63) is 42.0 Å². The van der Waals surface area contributed by atoms with Crippen LogP contribution < -0.4 is 4.90 Å². The first-order chi connectivity index (χ1) is 12.1. The molecule has 0 saturated carbocycles. The van der Waals surface area contributed by atoms with E-state index in [1.807, 2.05) is 11.8 Å². The third-order valence-electron chi connectivity index (χ3n) is 5.45. The van der Waals surface area contributed by atoms with E-state index in [0.29, 0.717) is 6.04 Å². The van der Waals surface area contributed by atoms with Gasteiger partial charge in [0.25, 0.3) is 0 Å². The minimum absolute atomic E-state index is 0.702. The first-order valence-electron chi connectivity index (χ1n) is 9.22. The fourth-order valence-corrected chi connectivity index (χ4v) is 5.85. The van der Waals surface area contributed by atoms with Gasteiger partial charge in [0.15, 0.2) is 0 Å². The molecule has 0 radical (unpaired) electrons. The Bertz CT molecular complexity index is 774. The monoisotopic (exact) mass is 370 g/mol. The lowest BCUT2D eigenvalue weighted by Crippen LogP contribution is -2.38. The Labute approximate surface area is 161 Å². The third-order valence-corrected chi connectivity index (χ3v) is 6.89. The lowest BCUT2D eigenvalue weighted by atomic mass is 9.99. The number of hydrogen-bond donors (Lipinski definition) is 1. The number of rotatable bonds is 3. The second-order valence-corrected chi connectivity index (χ2v) is 8.84. The Kier molecular flexibility index (Phi) is 5.03. The Balaban J connectivity index is 1.66. The zero-order valence-corrected chi connectivity index (χ0v) is 16.7. The van der Waals surface area contributed by atoms with Crippen LogP contribution in [0.2, 0.25) is 0 Å². The van der Waals surface area contributed by atoms with Crippen molar-refractivity contribution in [2.24, 2.45) is 0 Å². The van der Waals surface area contributed by atoms with Crippen molar-refractivity contribution in [2.75, 3.05) is 25.0 Å². The molecule has 0 N–H and O–H groups in total. The average molecular weight is 371 g/mol. The summed E-state index contributed by atoms with van der Waals surface area (Å²) < 4.78 is 0. The van der Waals surface area contributed by atoms with Crippen molar-refractivity contribution in [2.45, 2.75) is 53.3 Å². The number of benzene rings is 2. The Morgan fingerprint density at radius 2 is 2.00 bits per heavy atom. The first kappa shape index (κ1) is 17.3. The van der Waals surface area contributed by atoms with Crippen LogP contribution in [0, 0.1) is 6.92 Å². The quantitative estimate of drug-likeness (QED) is 0.687. The smallest absolute Gasteiger partial charge is 0.0688 e. The summed E-state index contributed by atoms with van der Waals surface area (Å²) in [5, 5.41) is 0. The maximum absolute atomic E-state index is 4.83. The predicted molar refractivity (Wildman–Crippen MR) is 111 cm³/mol. The fourth-order valence-electron chi connectivity index (χ4n) is 4.10. The summed E-state index contributed by atoms with van der Waals surface area (Å²) in [4.78, 5) is 8.83. The highest BCUT2D eigenvalue weighted by Gasteiger charge is 2.27. The predicted octanol–water partition coefficient (Wildman–Crippen LogP) is 5.76. The van der Waals surface area contributed by atoms with Crippen molar-refractivity contribution >= 4 is 35.8 Å². The summed E-state index contributed by atoms with van der Waals surface area (Å²) in [6, 6.07) is 14.0. The molecule has 1 atom stereocenters. The minimum Gasteiger partial charge on any atom is -0.339 e. The lowest BCUT2D eigenvalue weighted by Gasteiger charge is -2.37. The van der Waals surface area contributed by atoms with Crippen molar-refractivity contribution in [3.63, 3.8) is 0 Å². The van der Waals surface area contributed by atoms with Crippen LogP contribution in [0.4, 0.5) is 11.4 Å². The number of likely N-dealkylation sites (tertiary alicyclic amines) is 1. The molecule has 0 bridgehead atoms. The van der Waals surface area contributed by atoms with Crippen molar-refractivity contribution in [1.82, 2.24) is 4.90 Å². The highest BCUT2D eigenvalue weighted by atomic mass is 32.2. The number of piperidine rings is 1. The first-order valence-corrected chi connectivity index (χ1v) is 10.5. The molecule has 1 fully saturated rings. The summed E-state index contributed by atoms with van der Waals surface area (Å²) in [5.41, 5.74) is 3.90. The van der Waals surface area contributed by atoms with Gasteiger partial charge in [0, 0.05) is 27.3 Å². The topological polar surface area (TPSA) is 6.48 Å². The molecule has 4 rings (SSSR count). The van der Waals surface area contributed by atoms with E-state index in [1.165, 1.54) is 59.0 Å². The van der Waals surface area contributed by atoms with Gasteiger partial charge in [-0.1, -0.05) is 30.3 Å². The zero-order chi connectivity index (χ0) is 17.4. The van der Waals surface area contributed by atoms with Crippen LogP contribution in [0.1, 0.15) is 31.2 Å². The second kappa shape index (κ2) is 7.26. The summed E-state index contributed by atoms with van der Waals surface area (Å²) >= 11 is 6.70. The Morgan fingerprint density at radius 3 is 2.84 bits per heavy atom. The normalized spacial score (nSPS) is 20.3. The van der Waals surface area contributed by atoms with Gasteiger partial charge >= 0.3 is 0 Å². The fraction of sp³-hybridized carbons (Fsp3) is 0.429. The van der Waals surface area contributed by atoms with Gasteiger partial charge in [-0.25, -0.2) is 0 Å². The zero-order valence-electron chi connectivity index (χ0n) is 15.0. The maximum atomic E-state index is 4.83. The highest BCUT2D eigenvalue weighted by molar-refractivity contribution is 7.99. The third kappa shape index (κ3) is 3.44. The van der Waals surface area contributed by atoms with Crippen LogP contribution in [0.25, 0.3) is 0 Å². The van der Waals surface area contributed by atoms with Gasteiger partial charge in [-0.05, 0) is 69.6 Å². The number of aryl methyl sites for hydroxylation is 1. The van der Waals surface area contributed by atoms with Crippen molar-refractivity contribution < 1.29 is 0 Å². The molecule has 2 aromatic carbocycles. The SMILES string of the molecule is Cc1cc(S)c2c(c1)Sc1ccccc1N2CCC1CCCCN1C. The minimum atomic E-state index is 0.702. The average Bonchev–Trinajstić information content (AvgIpc) is 2.59.